The molecule has 1 amide bonds. The zero-order chi connectivity index (χ0) is 24.9. The minimum absolute atomic E-state index is 0.135. The summed E-state index contributed by atoms with van der Waals surface area (Å²) in [5.41, 5.74) is 3.77. The van der Waals surface area contributed by atoms with Gasteiger partial charge in [-0.15, -0.1) is 11.3 Å². The summed E-state index contributed by atoms with van der Waals surface area (Å²) in [6, 6.07) is 20.3. The zero-order valence-corrected chi connectivity index (χ0v) is 20.8. The van der Waals surface area contributed by atoms with E-state index in [-0.39, 0.29) is 11.9 Å². The number of fused-ring (bicyclic) bond motifs is 1. The molecule has 5 rings (SSSR count). The molecule has 2 aromatic heterocycles. The molecule has 2 aromatic carbocycles. The topological polar surface area (TPSA) is 80.9 Å². The van der Waals surface area contributed by atoms with Crippen molar-refractivity contribution in [3.63, 3.8) is 0 Å². The van der Waals surface area contributed by atoms with E-state index < -0.39 is 0 Å². The van der Waals surface area contributed by atoms with Crippen molar-refractivity contribution in [2.75, 3.05) is 11.9 Å². The lowest BCUT2D eigenvalue weighted by molar-refractivity contribution is 0.0526. The highest BCUT2D eigenvalue weighted by Crippen LogP contribution is 2.40. The highest BCUT2D eigenvalue weighted by atomic mass is 32.1. The van der Waals surface area contributed by atoms with E-state index in [2.05, 4.69) is 10.3 Å². The van der Waals surface area contributed by atoms with Crippen molar-refractivity contribution >= 4 is 40.1 Å². The Labute approximate surface area is 213 Å². The van der Waals surface area contributed by atoms with Gasteiger partial charge in [0.25, 0.3) is 5.91 Å². The second kappa shape index (κ2) is 10.7. The molecule has 0 unspecified atom stereocenters. The molecule has 0 aliphatic heterocycles. The number of rotatable bonds is 7. The maximum atomic E-state index is 13.3. The first-order chi connectivity index (χ1) is 17.6. The van der Waals surface area contributed by atoms with Crippen LogP contribution in [0.1, 0.15) is 56.7 Å². The van der Waals surface area contributed by atoms with Crippen LogP contribution in [0.15, 0.2) is 76.1 Å². The van der Waals surface area contributed by atoms with E-state index in [4.69, 9.17) is 9.15 Å². The summed E-state index contributed by atoms with van der Waals surface area (Å²) in [5.74, 6) is 0.682. The summed E-state index contributed by atoms with van der Waals surface area (Å²) in [5, 5.41) is 3.71. The molecule has 6 nitrogen and oxygen atoms in total. The van der Waals surface area contributed by atoms with Gasteiger partial charge in [0.1, 0.15) is 16.5 Å². The van der Waals surface area contributed by atoms with E-state index in [1.54, 1.807) is 42.7 Å². The van der Waals surface area contributed by atoms with Gasteiger partial charge in [-0.05, 0) is 74.6 Å². The Morgan fingerprint density at radius 3 is 2.72 bits per heavy atom. The lowest BCUT2D eigenvalue weighted by Crippen LogP contribution is -2.14. The summed E-state index contributed by atoms with van der Waals surface area (Å²) in [6.07, 6.45) is 5.71. The standard InChI is InChI=1S/C29H26N2O4S/c1-2-34-29(33)20-10-8-9-19(17-20)24-16-15-22(35-24)18-30-28-26(23-13-6-7-14-25(23)36-28)27(32)31-21-11-4-3-5-12-21/h3-5,8-12,15-18H,2,6-7,13-14H2,1H3,(H,31,32)/b30-18+. The maximum absolute atomic E-state index is 13.3. The second-order valence-corrected chi connectivity index (χ2v) is 9.56. The van der Waals surface area contributed by atoms with Crippen molar-refractivity contribution < 1.29 is 18.7 Å². The molecule has 0 bridgehead atoms. The zero-order valence-electron chi connectivity index (χ0n) is 20.0. The number of aryl methyl sites for hydroxylation is 1. The first-order valence-corrected chi connectivity index (χ1v) is 12.9. The lowest BCUT2D eigenvalue weighted by atomic mass is 9.95. The van der Waals surface area contributed by atoms with Gasteiger partial charge in [-0.25, -0.2) is 9.79 Å². The van der Waals surface area contributed by atoms with Crippen molar-refractivity contribution in [3.8, 4) is 11.3 Å². The number of furan rings is 1. The molecule has 36 heavy (non-hydrogen) atoms. The Bertz CT molecular complexity index is 1420. The number of carbonyl (C=O) groups is 2. The summed E-state index contributed by atoms with van der Waals surface area (Å²) in [7, 11) is 0. The van der Waals surface area contributed by atoms with Crippen LogP contribution in [0.4, 0.5) is 10.7 Å². The number of para-hydroxylation sites is 1. The van der Waals surface area contributed by atoms with E-state index in [0.717, 1.165) is 42.5 Å². The van der Waals surface area contributed by atoms with Gasteiger partial charge in [0.2, 0.25) is 0 Å². The molecule has 1 aliphatic carbocycles. The molecule has 0 spiro atoms. The molecule has 0 atom stereocenters. The van der Waals surface area contributed by atoms with Gasteiger partial charge in [-0.1, -0.05) is 30.3 Å². The summed E-state index contributed by atoms with van der Waals surface area (Å²) in [4.78, 5) is 31.3. The third-order valence-corrected chi connectivity index (χ3v) is 7.21. The predicted molar refractivity (Wildman–Crippen MR) is 143 cm³/mol. The highest BCUT2D eigenvalue weighted by molar-refractivity contribution is 7.16. The normalized spacial score (nSPS) is 12.9. The highest BCUT2D eigenvalue weighted by Gasteiger charge is 2.25. The largest absolute Gasteiger partial charge is 0.462 e. The number of nitrogens with one attached hydrogen (secondary N) is 1. The lowest BCUT2D eigenvalue weighted by Gasteiger charge is -2.12. The molecule has 182 valence electrons. The Kier molecular flexibility index (Phi) is 7.09. The molecule has 7 heteroatoms. The maximum Gasteiger partial charge on any atom is 0.338 e. The van der Waals surface area contributed by atoms with Crippen molar-refractivity contribution in [1.82, 2.24) is 0 Å². The van der Waals surface area contributed by atoms with Crippen LogP contribution in [0.25, 0.3) is 11.3 Å². The van der Waals surface area contributed by atoms with E-state index in [1.807, 2.05) is 48.5 Å². The van der Waals surface area contributed by atoms with Gasteiger partial charge in [-0.3, -0.25) is 4.79 Å². The number of anilines is 1. The van der Waals surface area contributed by atoms with Crippen molar-refractivity contribution in [3.05, 3.63) is 94.1 Å². The van der Waals surface area contributed by atoms with Gasteiger partial charge in [0.05, 0.1) is 23.9 Å². The fraction of sp³-hybridized carbons (Fsp3) is 0.207. The SMILES string of the molecule is CCOC(=O)c1cccc(-c2ccc(/C=N/c3sc4c(c3C(=O)Nc3ccccc3)CCCC4)o2)c1. The molecule has 0 saturated carbocycles. The molecular weight excluding hydrogens is 472 g/mol. The van der Waals surface area contributed by atoms with Gasteiger partial charge in [-0.2, -0.15) is 0 Å². The van der Waals surface area contributed by atoms with Crippen molar-refractivity contribution in [2.24, 2.45) is 4.99 Å². The van der Waals surface area contributed by atoms with Crippen LogP contribution < -0.4 is 5.32 Å². The van der Waals surface area contributed by atoms with Crippen LogP contribution in [-0.2, 0) is 17.6 Å². The summed E-state index contributed by atoms with van der Waals surface area (Å²) >= 11 is 1.58. The Hall–Kier alpha value is -3.97. The number of esters is 1. The number of aliphatic imine (C=N–C) groups is 1. The van der Waals surface area contributed by atoms with Crippen molar-refractivity contribution in [1.29, 1.82) is 0 Å². The monoisotopic (exact) mass is 498 g/mol. The smallest absolute Gasteiger partial charge is 0.338 e. The minimum Gasteiger partial charge on any atom is -0.462 e. The first kappa shape index (κ1) is 23.8. The van der Waals surface area contributed by atoms with E-state index >= 15 is 0 Å². The molecule has 1 aliphatic rings. The Morgan fingerprint density at radius 1 is 1.06 bits per heavy atom. The summed E-state index contributed by atoms with van der Waals surface area (Å²) < 4.78 is 11.1. The number of thiophene rings is 1. The molecule has 0 radical (unpaired) electrons. The van der Waals surface area contributed by atoms with E-state index in [9.17, 15) is 9.59 Å². The van der Waals surface area contributed by atoms with Gasteiger partial charge in [0, 0.05) is 16.1 Å². The van der Waals surface area contributed by atoms with Gasteiger partial charge >= 0.3 is 5.97 Å². The van der Waals surface area contributed by atoms with Crippen LogP contribution in [-0.4, -0.2) is 24.7 Å². The Morgan fingerprint density at radius 2 is 1.89 bits per heavy atom. The number of hydrogen-bond acceptors (Lipinski definition) is 6. The average molecular weight is 499 g/mol. The number of hydrogen-bond donors (Lipinski definition) is 1. The first-order valence-electron chi connectivity index (χ1n) is 12.0. The number of benzene rings is 2. The predicted octanol–water partition coefficient (Wildman–Crippen LogP) is 7.07. The minimum atomic E-state index is -0.365. The number of carbonyl (C=O) groups excluding carboxylic acids is 2. The van der Waals surface area contributed by atoms with E-state index in [1.165, 1.54) is 4.88 Å². The van der Waals surface area contributed by atoms with Crippen LogP contribution in [0.5, 0.6) is 0 Å². The summed E-state index contributed by atoms with van der Waals surface area (Å²) in [6.45, 7) is 2.10. The van der Waals surface area contributed by atoms with Crippen LogP contribution in [0.2, 0.25) is 0 Å². The van der Waals surface area contributed by atoms with E-state index in [0.29, 0.717) is 34.3 Å². The van der Waals surface area contributed by atoms with Crippen LogP contribution in [0.3, 0.4) is 0 Å². The molecule has 2 heterocycles. The van der Waals surface area contributed by atoms with Crippen LogP contribution in [0, 0.1) is 0 Å². The second-order valence-electron chi connectivity index (χ2n) is 8.47. The molecule has 4 aromatic rings. The number of amides is 1. The molecule has 0 fully saturated rings. The molecule has 0 saturated heterocycles. The third-order valence-electron chi connectivity index (χ3n) is 6.01. The quantitative estimate of drug-likeness (QED) is 0.218. The molecular formula is C29H26N2O4S. The van der Waals surface area contributed by atoms with Gasteiger partial charge < -0.3 is 14.5 Å². The number of ether oxygens (including phenoxy) is 1. The Balaban J connectivity index is 1.40. The average Bonchev–Trinajstić information content (AvgIpc) is 3.53. The van der Waals surface area contributed by atoms with Crippen LogP contribution >= 0.6 is 11.3 Å². The van der Waals surface area contributed by atoms with Crippen molar-refractivity contribution in [2.45, 2.75) is 32.6 Å². The fourth-order valence-corrected chi connectivity index (χ4v) is 5.54. The molecule has 1 N–H and O–H groups in total. The third kappa shape index (κ3) is 5.16. The number of nitrogens with zero attached hydrogens (tertiary/aromatic N) is 1. The van der Waals surface area contributed by atoms with Gasteiger partial charge in [0.15, 0.2) is 0 Å². The fourth-order valence-electron chi connectivity index (χ4n) is 4.31.